The molecule has 2 atom stereocenters. The number of sulfonamides is 1. The first kappa shape index (κ1) is 18.5. The molecule has 1 aliphatic carbocycles. The lowest BCUT2D eigenvalue weighted by atomic mass is 9.94. The molecular weight excluding hydrogens is 384 g/mol. The zero-order valence-corrected chi connectivity index (χ0v) is 17.2. The van der Waals surface area contributed by atoms with Gasteiger partial charge in [-0.05, 0) is 30.0 Å². The lowest BCUT2D eigenvalue weighted by Crippen LogP contribution is -2.44. The SMILES string of the molecule is C[C@@H]1CCN(S(=O)(=O)Cc2cccnc2)C[C@@H]1n1ccc2cnc3c(c21)C=CC3. The maximum atomic E-state index is 13.1. The molecule has 3 aromatic rings. The number of nitrogens with zero attached hydrogens (tertiary/aromatic N) is 4. The normalized spacial score (nSPS) is 22.2. The number of pyridine rings is 2. The second-order valence-electron chi connectivity index (χ2n) is 8.06. The molecule has 4 heterocycles. The van der Waals surface area contributed by atoms with Gasteiger partial charge in [-0.25, -0.2) is 8.42 Å². The van der Waals surface area contributed by atoms with E-state index >= 15 is 0 Å². The number of hydrogen-bond acceptors (Lipinski definition) is 4. The lowest BCUT2D eigenvalue weighted by Gasteiger charge is -2.37. The third-order valence-electron chi connectivity index (χ3n) is 6.17. The van der Waals surface area contributed by atoms with Crippen molar-refractivity contribution in [3.8, 4) is 0 Å². The molecule has 0 aromatic carbocycles. The quantitative estimate of drug-likeness (QED) is 0.663. The third kappa shape index (κ3) is 3.28. The van der Waals surface area contributed by atoms with Gasteiger partial charge in [0.1, 0.15) is 0 Å². The first-order valence-electron chi connectivity index (χ1n) is 10.0. The van der Waals surface area contributed by atoms with Crippen molar-refractivity contribution >= 4 is 27.0 Å². The largest absolute Gasteiger partial charge is 0.342 e. The molecule has 1 fully saturated rings. The van der Waals surface area contributed by atoms with Crippen LogP contribution >= 0.6 is 0 Å². The van der Waals surface area contributed by atoms with Crippen LogP contribution in [0, 0.1) is 5.92 Å². The van der Waals surface area contributed by atoms with E-state index in [1.807, 2.05) is 12.3 Å². The Bertz CT molecular complexity index is 1180. The number of piperidine rings is 1. The van der Waals surface area contributed by atoms with Gasteiger partial charge in [0.25, 0.3) is 0 Å². The van der Waals surface area contributed by atoms with E-state index < -0.39 is 10.0 Å². The standard InChI is InChI=1S/C22H24N4O2S/c1-16-7-10-25(29(27,28)15-17-4-3-9-23-12-17)14-21(16)26-11-8-18-13-24-20-6-2-5-19(20)22(18)26/h2-5,8-9,11-13,16,21H,6-7,10,14-15H2,1H3/t16-,21+/m1/s1. The van der Waals surface area contributed by atoms with Gasteiger partial charge in [0.2, 0.25) is 10.0 Å². The molecule has 5 rings (SSSR count). The van der Waals surface area contributed by atoms with Crippen LogP contribution in [0.3, 0.4) is 0 Å². The van der Waals surface area contributed by atoms with Gasteiger partial charge >= 0.3 is 0 Å². The van der Waals surface area contributed by atoms with Gasteiger partial charge in [0.05, 0.1) is 23.0 Å². The zero-order chi connectivity index (χ0) is 20.0. The first-order valence-corrected chi connectivity index (χ1v) is 11.7. The van der Waals surface area contributed by atoms with Crippen LogP contribution in [0.15, 0.2) is 49.1 Å². The van der Waals surface area contributed by atoms with Gasteiger partial charge in [-0.1, -0.05) is 25.1 Å². The molecule has 0 saturated carbocycles. The third-order valence-corrected chi connectivity index (χ3v) is 7.99. The second kappa shape index (κ2) is 7.07. The van der Waals surface area contributed by atoms with Gasteiger partial charge in [-0.3, -0.25) is 9.97 Å². The van der Waals surface area contributed by atoms with Crippen molar-refractivity contribution < 1.29 is 8.42 Å². The molecule has 0 unspecified atom stereocenters. The highest BCUT2D eigenvalue weighted by Gasteiger charge is 2.34. The molecular formula is C22H24N4O2S. The molecule has 0 amide bonds. The van der Waals surface area contributed by atoms with E-state index in [-0.39, 0.29) is 11.8 Å². The molecule has 0 radical (unpaired) electrons. The smallest absolute Gasteiger partial charge is 0.218 e. The van der Waals surface area contributed by atoms with Crippen molar-refractivity contribution in [1.29, 1.82) is 0 Å². The van der Waals surface area contributed by atoms with Crippen LogP contribution in [0.1, 0.15) is 36.2 Å². The van der Waals surface area contributed by atoms with Crippen LogP contribution in [0.25, 0.3) is 17.0 Å². The van der Waals surface area contributed by atoms with E-state index in [0.717, 1.165) is 29.5 Å². The molecule has 150 valence electrons. The molecule has 29 heavy (non-hydrogen) atoms. The predicted molar refractivity (Wildman–Crippen MR) is 114 cm³/mol. The van der Waals surface area contributed by atoms with E-state index in [4.69, 9.17) is 0 Å². The summed E-state index contributed by atoms with van der Waals surface area (Å²) in [4.78, 5) is 8.63. The molecule has 0 N–H and O–H groups in total. The molecule has 7 heteroatoms. The van der Waals surface area contributed by atoms with Crippen LogP contribution < -0.4 is 0 Å². The van der Waals surface area contributed by atoms with E-state index in [2.05, 4.69) is 45.9 Å². The molecule has 3 aromatic heterocycles. The monoisotopic (exact) mass is 408 g/mol. The van der Waals surface area contributed by atoms with Crippen molar-refractivity contribution in [2.24, 2.45) is 5.92 Å². The van der Waals surface area contributed by atoms with E-state index in [0.29, 0.717) is 19.0 Å². The summed E-state index contributed by atoms with van der Waals surface area (Å²) < 4.78 is 30.1. The van der Waals surface area contributed by atoms with Crippen molar-refractivity contribution in [3.05, 3.63) is 65.9 Å². The van der Waals surface area contributed by atoms with Crippen LogP contribution in [0.4, 0.5) is 0 Å². The van der Waals surface area contributed by atoms with Crippen LogP contribution in [0.5, 0.6) is 0 Å². The predicted octanol–water partition coefficient (Wildman–Crippen LogP) is 3.41. The summed E-state index contributed by atoms with van der Waals surface area (Å²) in [6, 6.07) is 5.78. The molecule has 6 nitrogen and oxygen atoms in total. The highest BCUT2D eigenvalue weighted by atomic mass is 32.2. The average Bonchev–Trinajstić information content (AvgIpc) is 3.35. The summed E-state index contributed by atoms with van der Waals surface area (Å²) in [5.41, 5.74) is 4.17. The molecule has 1 saturated heterocycles. The first-order chi connectivity index (χ1) is 14.0. The Kier molecular flexibility index (Phi) is 4.52. The van der Waals surface area contributed by atoms with Crippen LogP contribution in [0.2, 0.25) is 0 Å². The Labute approximate surface area is 170 Å². The number of allylic oxidation sites excluding steroid dienone is 1. The highest BCUT2D eigenvalue weighted by molar-refractivity contribution is 7.88. The number of fused-ring (bicyclic) bond motifs is 3. The summed E-state index contributed by atoms with van der Waals surface area (Å²) in [6.07, 6.45) is 13.3. The number of hydrogen-bond donors (Lipinski definition) is 0. The summed E-state index contributed by atoms with van der Waals surface area (Å²) in [5.74, 6) is 0.390. The Balaban J connectivity index is 1.48. The summed E-state index contributed by atoms with van der Waals surface area (Å²) in [7, 11) is -3.39. The van der Waals surface area contributed by atoms with E-state index in [9.17, 15) is 8.42 Å². The Morgan fingerprint density at radius 3 is 2.97 bits per heavy atom. The summed E-state index contributed by atoms with van der Waals surface area (Å²) >= 11 is 0. The van der Waals surface area contributed by atoms with Gasteiger partial charge in [-0.2, -0.15) is 4.31 Å². The van der Waals surface area contributed by atoms with E-state index in [1.165, 1.54) is 11.1 Å². The minimum atomic E-state index is -3.39. The maximum absolute atomic E-state index is 13.1. The summed E-state index contributed by atoms with van der Waals surface area (Å²) in [5, 5.41) is 1.11. The topological polar surface area (TPSA) is 68.1 Å². The van der Waals surface area contributed by atoms with Gasteiger partial charge in [0.15, 0.2) is 0 Å². The molecule has 0 bridgehead atoms. The Morgan fingerprint density at radius 2 is 2.14 bits per heavy atom. The lowest BCUT2D eigenvalue weighted by molar-refractivity contribution is 0.204. The Morgan fingerprint density at radius 1 is 1.24 bits per heavy atom. The van der Waals surface area contributed by atoms with Crippen LogP contribution in [-0.4, -0.2) is 40.3 Å². The molecule has 1 aliphatic heterocycles. The summed E-state index contributed by atoms with van der Waals surface area (Å²) in [6.45, 7) is 3.28. The van der Waals surface area contributed by atoms with Gasteiger partial charge in [0, 0.05) is 55.2 Å². The molecule has 2 aliphatic rings. The fourth-order valence-electron chi connectivity index (χ4n) is 4.54. The Hall–Kier alpha value is -2.51. The zero-order valence-electron chi connectivity index (χ0n) is 16.4. The minimum absolute atomic E-state index is 0.00355. The van der Waals surface area contributed by atoms with Crippen molar-refractivity contribution in [2.45, 2.75) is 31.6 Å². The van der Waals surface area contributed by atoms with Crippen molar-refractivity contribution in [2.75, 3.05) is 13.1 Å². The minimum Gasteiger partial charge on any atom is -0.342 e. The fourth-order valence-corrected chi connectivity index (χ4v) is 6.08. The number of aromatic nitrogens is 3. The molecule has 0 spiro atoms. The average molecular weight is 409 g/mol. The van der Waals surface area contributed by atoms with Crippen LogP contribution in [-0.2, 0) is 22.2 Å². The number of rotatable bonds is 4. The second-order valence-corrected chi connectivity index (χ2v) is 10.0. The highest BCUT2D eigenvalue weighted by Crippen LogP contribution is 2.35. The maximum Gasteiger partial charge on any atom is 0.218 e. The van der Waals surface area contributed by atoms with Gasteiger partial charge in [-0.15, -0.1) is 0 Å². The van der Waals surface area contributed by atoms with Crippen molar-refractivity contribution in [3.63, 3.8) is 0 Å². The van der Waals surface area contributed by atoms with Crippen molar-refractivity contribution in [1.82, 2.24) is 18.8 Å². The fraction of sp³-hybridized carbons (Fsp3) is 0.364. The van der Waals surface area contributed by atoms with Gasteiger partial charge < -0.3 is 4.57 Å². The van der Waals surface area contributed by atoms with E-state index in [1.54, 1.807) is 22.8 Å².